The van der Waals surface area contributed by atoms with E-state index in [1.807, 2.05) is 23.1 Å². The Morgan fingerprint density at radius 2 is 1.86 bits per heavy atom. The Kier molecular flexibility index (Phi) is 6.27. The normalized spacial score (nSPS) is 22.3. The predicted octanol–water partition coefficient (Wildman–Crippen LogP) is 3.63. The van der Waals surface area contributed by atoms with E-state index >= 15 is 0 Å². The zero-order chi connectivity index (χ0) is 25.5. The number of carbonyl (C=O) groups excluding carboxylic acids is 2. The summed E-state index contributed by atoms with van der Waals surface area (Å²) in [6, 6.07) is 6.20. The highest BCUT2D eigenvalue weighted by Gasteiger charge is 2.39. The number of hydrogen-bond donors (Lipinski definition) is 2. The van der Waals surface area contributed by atoms with Crippen LogP contribution in [0.4, 0.5) is 17.5 Å². The maximum atomic E-state index is 13.1. The second-order valence-corrected chi connectivity index (χ2v) is 10.7. The topological polar surface area (TPSA) is 108 Å². The van der Waals surface area contributed by atoms with Crippen molar-refractivity contribution < 1.29 is 9.59 Å². The van der Waals surface area contributed by atoms with Crippen molar-refractivity contribution in [1.29, 1.82) is 0 Å². The van der Waals surface area contributed by atoms with Crippen molar-refractivity contribution in [2.24, 2.45) is 0 Å². The summed E-state index contributed by atoms with van der Waals surface area (Å²) in [4.78, 5) is 43.1. The summed E-state index contributed by atoms with van der Waals surface area (Å²) < 4.78 is 2.14. The number of piperazine rings is 1. The van der Waals surface area contributed by atoms with Crippen LogP contribution in [-0.4, -0.2) is 69.0 Å². The third-order valence-electron chi connectivity index (χ3n) is 7.90. The van der Waals surface area contributed by atoms with Crippen LogP contribution in [0, 0.1) is 0 Å². The van der Waals surface area contributed by atoms with Crippen molar-refractivity contribution in [2.75, 3.05) is 30.9 Å². The number of fused-ring (bicyclic) bond motifs is 3. The van der Waals surface area contributed by atoms with Crippen LogP contribution in [0.15, 0.2) is 30.6 Å². The average Bonchev–Trinajstić information content (AvgIpc) is 3.37. The van der Waals surface area contributed by atoms with E-state index in [1.54, 1.807) is 31.4 Å². The number of hydrogen-bond acceptors (Lipinski definition) is 7. The molecule has 5 heterocycles. The highest BCUT2D eigenvalue weighted by Crippen LogP contribution is 2.33. The molecule has 10 heteroatoms. The van der Waals surface area contributed by atoms with Gasteiger partial charge in [0.25, 0.3) is 5.91 Å². The summed E-state index contributed by atoms with van der Waals surface area (Å²) >= 11 is 0. The summed E-state index contributed by atoms with van der Waals surface area (Å²) in [5, 5.41) is 7.45. The molecule has 2 N–H and O–H groups in total. The van der Waals surface area contributed by atoms with Crippen LogP contribution in [0.5, 0.6) is 0 Å². The second-order valence-electron chi connectivity index (χ2n) is 10.7. The van der Waals surface area contributed by atoms with E-state index in [2.05, 4.69) is 25.2 Å². The molecule has 0 spiro atoms. The molecular formula is C27H34N8O2. The molecule has 2 bridgehead atoms. The van der Waals surface area contributed by atoms with Crippen molar-refractivity contribution in [1.82, 2.24) is 29.7 Å². The van der Waals surface area contributed by atoms with Gasteiger partial charge in [0.2, 0.25) is 11.9 Å². The largest absolute Gasteiger partial charge is 0.343 e. The van der Waals surface area contributed by atoms with Crippen LogP contribution in [0.1, 0.15) is 67.9 Å². The number of nitrogens with one attached hydrogen (secondary N) is 2. The molecule has 2 atom stereocenters. The van der Waals surface area contributed by atoms with E-state index in [4.69, 9.17) is 4.98 Å². The molecule has 1 aliphatic carbocycles. The number of anilines is 3. The van der Waals surface area contributed by atoms with Crippen LogP contribution in [0.3, 0.4) is 0 Å². The SMILES string of the molecule is CN(C)C(=O)c1cc2cnc(Nc3ccc(N4CC5CCC(N5)C4=O)cn3)nc2n1C1CCCCCC1. The van der Waals surface area contributed by atoms with E-state index in [0.29, 0.717) is 30.0 Å². The zero-order valence-electron chi connectivity index (χ0n) is 21.5. The van der Waals surface area contributed by atoms with Gasteiger partial charge in [-0.1, -0.05) is 25.7 Å². The molecule has 194 valence electrons. The Bertz CT molecular complexity index is 1310. The molecule has 10 nitrogen and oxygen atoms in total. The van der Waals surface area contributed by atoms with Gasteiger partial charge in [0.1, 0.15) is 17.2 Å². The van der Waals surface area contributed by atoms with Crippen molar-refractivity contribution >= 4 is 40.3 Å². The molecule has 37 heavy (non-hydrogen) atoms. The lowest BCUT2D eigenvalue weighted by molar-refractivity contribution is -0.121. The number of aromatic nitrogens is 4. The highest BCUT2D eigenvalue weighted by molar-refractivity contribution is 5.99. The van der Waals surface area contributed by atoms with Gasteiger partial charge in [0.05, 0.1) is 17.9 Å². The molecule has 0 radical (unpaired) electrons. The molecule has 1 saturated carbocycles. The van der Waals surface area contributed by atoms with Crippen LogP contribution in [0.25, 0.3) is 11.0 Å². The molecule has 3 aromatic heterocycles. The summed E-state index contributed by atoms with van der Waals surface area (Å²) in [7, 11) is 3.56. The first-order valence-corrected chi connectivity index (χ1v) is 13.4. The summed E-state index contributed by atoms with van der Waals surface area (Å²) in [5.74, 6) is 1.13. The van der Waals surface area contributed by atoms with E-state index in [1.165, 1.54) is 12.8 Å². The Morgan fingerprint density at radius 3 is 2.59 bits per heavy atom. The van der Waals surface area contributed by atoms with Gasteiger partial charge in [-0.3, -0.25) is 9.59 Å². The Morgan fingerprint density at radius 1 is 1.05 bits per heavy atom. The molecule has 3 aromatic rings. The van der Waals surface area contributed by atoms with Gasteiger partial charge in [0, 0.05) is 44.3 Å². The van der Waals surface area contributed by atoms with Gasteiger partial charge in [-0.15, -0.1) is 0 Å². The number of amides is 2. The first-order valence-electron chi connectivity index (χ1n) is 13.4. The van der Waals surface area contributed by atoms with Crippen molar-refractivity contribution in [3.8, 4) is 0 Å². The summed E-state index contributed by atoms with van der Waals surface area (Å²) in [6.07, 6.45) is 12.3. The molecule has 2 amide bonds. The summed E-state index contributed by atoms with van der Waals surface area (Å²) in [5.41, 5.74) is 2.24. The van der Waals surface area contributed by atoms with Gasteiger partial charge in [0.15, 0.2) is 0 Å². The lowest BCUT2D eigenvalue weighted by Crippen LogP contribution is -2.55. The van der Waals surface area contributed by atoms with E-state index in [0.717, 1.165) is 55.2 Å². The van der Waals surface area contributed by atoms with Crippen LogP contribution >= 0.6 is 0 Å². The Labute approximate surface area is 216 Å². The maximum Gasteiger partial charge on any atom is 0.270 e. The second kappa shape index (κ2) is 9.74. The van der Waals surface area contributed by atoms with Gasteiger partial charge >= 0.3 is 0 Å². The average molecular weight is 503 g/mol. The fourth-order valence-corrected chi connectivity index (χ4v) is 5.97. The van der Waals surface area contributed by atoms with Gasteiger partial charge in [-0.25, -0.2) is 9.97 Å². The van der Waals surface area contributed by atoms with Gasteiger partial charge < -0.3 is 25.0 Å². The van der Waals surface area contributed by atoms with Gasteiger partial charge in [-0.2, -0.15) is 4.98 Å². The molecule has 2 saturated heterocycles. The van der Waals surface area contributed by atoms with Crippen LogP contribution < -0.4 is 15.5 Å². The molecule has 3 aliphatic rings. The minimum atomic E-state index is -0.0781. The molecule has 2 unspecified atom stereocenters. The number of rotatable bonds is 5. The fraction of sp³-hybridized carbons (Fsp3) is 0.519. The lowest BCUT2D eigenvalue weighted by Gasteiger charge is -2.32. The predicted molar refractivity (Wildman–Crippen MR) is 142 cm³/mol. The maximum absolute atomic E-state index is 13.1. The fourth-order valence-electron chi connectivity index (χ4n) is 5.97. The minimum Gasteiger partial charge on any atom is -0.343 e. The summed E-state index contributed by atoms with van der Waals surface area (Å²) in [6.45, 7) is 0.676. The first-order chi connectivity index (χ1) is 18.0. The monoisotopic (exact) mass is 502 g/mol. The van der Waals surface area contributed by atoms with Gasteiger partial charge in [-0.05, 0) is 43.9 Å². The minimum absolute atomic E-state index is 0.0232. The van der Waals surface area contributed by atoms with Crippen molar-refractivity contribution in [3.05, 3.63) is 36.3 Å². The quantitative estimate of drug-likeness (QED) is 0.513. The zero-order valence-corrected chi connectivity index (χ0v) is 21.5. The Balaban J connectivity index is 1.28. The van der Waals surface area contributed by atoms with Crippen molar-refractivity contribution in [2.45, 2.75) is 69.5 Å². The molecule has 0 aromatic carbocycles. The first kappa shape index (κ1) is 23.8. The Hall–Kier alpha value is -3.53. The van der Waals surface area contributed by atoms with E-state index < -0.39 is 0 Å². The lowest BCUT2D eigenvalue weighted by atomic mass is 10.1. The van der Waals surface area contributed by atoms with E-state index in [-0.39, 0.29) is 23.9 Å². The third-order valence-corrected chi connectivity index (χ3v) is 7.90. The highest BCUT2D eigenvalue weighted by atomic mass is 16.2. The standard InChI is InChI=1S/C27H34N8O2/c1-33(2)26(37)22-13-17-14-29-27(32-24(17)35(22)19-7-5-3-4-6-8-19)31-23-12-10-20(15-28-23)34-16-18-9-11-21(30-18)25(34)36/h10,12-15,18-19,21,30H,3-9,11,16H2,1-2H3,(H,28,29,31,32). The smallest absolute Gasteiger partial charge is 0.270 e. The molecular weight excluding hydrogens is 468 g/mol. The van der Waals surface area contributed by atoms with Crippen LogP contribution in [0.2, 0.25) is 0 Å². The number of pyridine rings is 1. The van der Waals surface area contributed by atoms with Crippen molar-refractivity contribution in [3.63, 3.8) is 0 Å². The molecule has 2 aliphatic heterocycles. The van der Waals surface area contributed by atoms with Crippen LogP contribution in [-0.2, 0) is 4.79 Å². The van der Waals surface area contributed by atoms with E-state index in [9.17, 15) is 9.59 Å². The molecule has 3 fully saturated rings. The third kappa shape index (κ3) is 4.54. The molecule has 6 rings (SSSR count). The number of carbonyl (C=O) groups is 2. The number of nitrogens with zero attached hydrogens (tertiary/aromatic N) is 6.